The molecule has 33 heavy (non-hydrogen) atoms. The van der Waals surface area contributed by atoms with Crippen molar-refractivity contribution in [2.45, 2.75) is 26.5 Å². The van der Waals surface area contributed by atoms with Crippen LogP contribution in [0.3, 0.4) is 0 Å². The Morgan fingerprint density at radius 1 is 0.939 bits per heavy atom. The summed E-state index contributed by atoms with van der Waals surface area (Å²) in [5.74, 6) is 0.443. The number of para-hydroxylation sites is 2. The molecule has 7 heteroatoms. The second-order valence-corrected chi connectivity index (χ2v) is 7.78. The van der Waals surface area contributed by atoms with Crippen LogP contribution in [0.4, 0.5) is 5.69 Å². The van der Waals surface area contributed by atoms with Crippen molar-refractivity contribution in [3.63, 3.8) is 0 Å². The van der Waals surface area contributed by atoms with Crippen molar-refractivity contribution >= 4 is 23.1 Å². The van der Waals surface area contributed by atoms with Crippen LogP contribution in [0.15, 0.2) is 78.6 Å². The smallest absolute Gasteiger partial charge is 0.278 e. The van der Waals surface area contributed by atoms with E-state index >= 15 is 0 Å². The zero-order valence-electron chi connectivity index (χ0n) is 18.7. The zero-order valence-corrected chi connectivity index (χ0v) is 18.7. The molecule has 4 rings (SSSR count). The van der Waals surface area contributed by atoms with Gasteiger partial charge in [0.05, 0.1) is 36.7 Å². The molecule has 1 aliphatic heterocycles. The minimum atomic E-state index is -0.422. The summed E-state index contributed by atoms with van der Waals surface area (Å²) in [5, 5.41) is 3.14. The predicted molar refractivity (Wildman–Crippen MR) is 126 cm³/mol. The number of nitrogens with zero attached hydrogens (tertiary/aromatic N) is 2. The fourth-order valence-electron chi connectivity index (χ4n) is 3.61. The first kappa shape index (κ1) is 22.1. The molecule has 2 aromatic carbocycles. The van der Waals surface area contributed by atoms with E-state index in [1.807, 2.05) is 32.0 Å². The molecule has 1 N–H and O–H groups in total. The number of carbonyl (C=O) groups excluding carboxylic acids is 2. The maximum Gasteiger partial charge on any atom is 0.278 e. The van der Waals surface area contributed by atoms with Gasteiger partial charge in [-0.15, -0.1) is 0 Å². The number of anilines is 1. The highest BCUT2D eigenvalue weighted by Gasteiger charge is 2.39. The first-order chi connectivity index (χ1) is 16.0. The first-order valence-electron chi connectivity index (χ1n) is 10.7. The Labute approximate surface area is 192 Å². The maximum atomic E-state index is 13.5. The number of hydrogen-bond donors (Lipinski definition) is 1. The fourth-order valence-corrected chi connectivity index (χ4v) is 3.61. The van der Waals surface area contributed by atoms with Crippen molar-refractivity contribution in [3.8, 4) is 11.5 Å². The highest BCUT2D eigenvalue weighted by Crippen LogP contribution is 2.34. The van der Waals surface area contributed by atoms with Crippen LogP contribution < -0.4 is 14.8 Å². The predicted octanol–water partition coefficient (Wildman–Crippen LogP) is 4.27. The van der Waals surface area contributed by atoms with Crippen LogP contribution in [-0.2, 0) is 16.1 Å². The molecule has 0 bridgehead atoms. The number of benzene rings is 2. The molecule has 168 valence electrons. The van der Waals surface area contributed by atoms with Crippen molar-refractivity contribution in [1.29, 1.82) is 0 Å². The van der Waals surface area contributed by atoms with Gasteiger partial charge in [-0.05, 0) is 55.8 Å². The number of pyridine rings is 1. The Hall–Kier alpha value is -4.13. The lowest BCUT2D eigenvalue weighted by molar-refractivity contribution is -0.137. The standard InChI is InChI=1S/C26H25N3O4/c1-17(2)33-20-13-11-18(12-14-20)23-24(28-21-9-4-5-10-22(21)32-3)26(31)29(25(23)30)16-19-8-6-7-15-27-19/h4-15,17,28H,16H2,1-3H3. The van der Waals surface area contributed by atoms with Gasteiger partial charge in [-0.1, -0.05) is 30.3 Å². The third kappa shape index (κ3) is 4.72. The maximum absolute atomic E-state index is 13.5. The van der Waals surface area contributed by atoms with Crippen molar-refractivity contribution < 1.29 is 19.1 Å². The molecule has 0 saturated heterocycles. The zero-order chi connectivity index (χ0) is 23.4. The fraction of sp³-hybridized carbons (Fsp3) is 0.192. The van der Waals surface area contributed by atoms with E-state index in [-0.39, 0.29) is 29.8 Å². The minimum absolute atomic E-state index is 0.0291. The van der Waals surface area contributed by atoms with Crippen LogP contribution in [0.25, 0.3) is 5.57 Å². The van der Waals surface area contributed by atoms with Gasteiger partial charge in [0.15, 0.2) is 0 Å². The Morgan fingerprint density at radius 2 is 1.67 bits per heavy atom. The van der Waals surface area contributed by atoms with Crippen molar-refractivity contribution in [1.82, 2.24) is 9.88 Å². The first-order valence-corrected chi connectivity index (χ1v) is 10.7. The van der Waals surface area contributed by atoms with E-state index in [9.17, 15) is 9.59 Å². The monoisotopic (exact) mass is 443 g/mol. The molecule has 1 aliphatic rings. The number of methoxy groups -OCH3 is 1. The highest BCUT2D eigenvalue weighted by molar-refractivity contribution is 6.36. The molecule has 0 unspecified atom stereocenters. The van der Waals surface area contributed by atoms with E-state index in [0.29, 0.717) is 28.4 Å². The number of aromatic nitrogens is 1. The lowest BCUT2D eigenvalue weighted by Crippen LogP contribution is -2.32. The molecule has 0 saturated carbocycles. The van der Waals surface area contributed by atoms with E-state index in [2.05, 4.69) is 10.3 Å². The van der Waals surface area contributed by atoms with Crippen LogP contribution in [0.1, 0.15) is 25.1 Å². The van der Waals surface area contributed by atoms with E-state index in [1.165, 1.54) is 4.90 Å². The number of rotatable bonds is 8. The molecule has 2 amide bonds. The van der Waals surface area contributed by atoms with Crippen LogP contribution in [0.2, 0.25) is 0 Å². The van der Waals surface area contributed by atoms with Gasteiger partial charge in [-0.2, -0.15) is 0 Å². The number of imide groups is 1. The topological polar surface area (TPSA) is 80.8 Å². The summed E-state index contributed by atoms with van der Waals surface area (Å²) in [4.78, 5) is 32.3. The number of nitrogens with one attached hydrogen (secondary N) is 1. The summed E-state index contributed by atoms with van der Waals surface area (Å²) in [6.45, 7) is 3.97. The second-order valence-electron chi connectivity index (χ2n) is 7.78. The molecule has 3 aromatic rings. The van der Waals surface area contributed by atoms with Gasteiger partial charge in [-0.3, -0.25) is 19.5 Å². The van der Waals surface area contributed by atoms with Crippen molar-refractivity contribution in [2.75, 3.05) is 12.4 Å². The lowest BCUT2D eigenvalue weighted by atomic mass is 10.0. The molecule has 0 spiro atoms. The van der Waals surface area contributed by atoms with Crippen LogP contribution >= 0.6 is 0 Å². The summed E-state index contributed by atoms with van der Waals surface area (Å²) in [5.41, 5.74) is 2.31. The number of ether oxygens (including phenoxy) is 2. The average molecular weight is 444 g/mol. The van der Waals surface area contributed by atoms with Gasteiger partial charge < -0.3 is 14.8 Å². The molecule has 0 radical (unpaired) electrons. The molecular weight excluding hydrogens is 418 g/mol. The molecule has 0 aliphatic carbocycles. The minimum Gasteiger partial charge on any atom is -0.495 e. The summed E-state index contributed by atoms with van der Waals surface area (Å²) in [7, 11) is 1.55. The van der Waals surface area contributed by atoms with E-state index in [1.54, 1.807) is 61.8 Å². The Bertz CT molecular complexity index is 1190. The molecule has 2 heterocycles. The van der Waals surface area contributed by atoms with E-state index < -0.39 is 5.91 Å². The van der Waals surface area contributed by atoms with Gasteiger partial charge in [-0.25, -0.2) is 0 Å². The van der Waals surface area contributed by atoms with Crippen LogP contribution in [0.5, 0.6) is 11.5 Å². The van der Waals surface area contributed by atoms with Crippen LogP contribution in [-0.4, -0.2) is 34.9 Å². The average Bonchev–Trinajstić information content (AvgIpc) is 3.04. The quantitative estimate of drug-likeness (QED) is 0.524. The third-order valence-corrected chi connectivity index (χ3v) is 5.10. The molecule has 0 atom stereocenters. The molecule has 0 fully saturated rings. The van der Waals surface area contributed by atoms with Gasteiger partial charge in [0.25, 0.3) is 11.8 Å². The lowest BCUT2D eigenvalue weighted by Gasteiger charge is -2.15. The summed E-state index contributed by atoms with van der Waals surface area (Å²) in [6, 6.07) is 19.8. The Morgan fingerprint density at radius 3 is 2.33 bits per heavy atom. The van der Waals surface area contributed by atoms with E-state index in [0.717, 1.165) is 0 Å². The largest absolute Gasteiger partial charge is 0.495 e. The number of hydrogen-bond acceptors (Lipinski definition) is 6. The number of amides is 2. The molecule has 1 aromatic heterocycles. The Kier molecular flexibility index (Phi) is 6.40. The second kappa shape index (κ2) is 9.56. The Balaban J connectivity index is 1.74. The van der Waals surface area contributed by atoms with Crippen LogP contribution in [0, 0.1) is 0 Å². The summed E-state index contributed by atoms with van der Waals surface area (Å²) in [6.07, 6.45) is 1.66. The van der Waals surface area contributed by atoms with Gasteiger partial charge in [0.1, 0.15) is 17.2 Å². The third-order valence-electron chi connectivity index (χ3n) is 5.10. The van der Waals surface area contributed by atoms with Gasteiger partial charge in [0, 0.05) is 6.20 Å². The van der Waals surface area contributed by atoms with Crippen molar-refractivity contribution in [2.24, 2.45) is 0 Å². The normalized spacial score (nSPS) is 13.6. The summed E-state index contributed by atoms with van der Waals surface area (Å²) < 4.78 is 11.1. The van der Waals surface area contributed by atoms with Crippen molar-refractivity contribution in [3.05, 3.63) is 89.9 Å². The SMILES string of the molecule is COc1ccccc1NC1=C(c2ccc(OC(C)C)cc2)C(=O)N(Cc2ccccn2)C1=O. The summed E-state index contributed by atoms with van der Waals surface area (Å²) >= 11 is 0. The molecular formula is C26H25N3O4. The molecule has 7 nitrogen and oxygen atoms in total. The van der Waals surface area contributed by atoms with Gasteiger partial charge >= 0.3 is 0 Å². The highest BCUT2D eigenvalue weighted by atomic mass is 16.5. The number of carbonyl (C=O) groups is 2. The van der Waals surface area contributed by atoms with E-state index in [4.69, 9.17) is 9.47 Å². The van der Waals surface area contributed by atoms with Gasteiger partial charge in [0.2, 0.25) is 0 Å².